The van der Waals surface area contributed by atoms with E-state index in [2.05, 4.69) is 10.2 Å². The van der Waals surface area contributed by atoms with Crippen molar-refractivity contribution in [2.24, 2.45) is 0 Å². The molecule has 1 atom stereocenters. The molecule has 0 aliphatic carbocycles. The summed E-state index contributed by atoms with van der Waals surface area (Å²) in [4.78, 5) is 1.99. The molecule has 0 saturated heterocycles. The first-order chi connectivity index (χ1) is 6.59. The van der Waals surface area contributed by atoms with E-state index >= 15 is 0 Å². The van der Waals surface area contributed by atoms with E-state index in [-0.39, 0.29) is 6.10 Å². The predicted molar refractivity (Wildman–Crippen MR) is 56.3 cm³/mol. The van der Waals surface area contributed by atoms with E-state index in [1.54, 1.807) is 6.92 Å². The molecule has 1 aromatic heterocycles. The Labute approximate surface area is 84.6 Å². The number of aryl methyl sites for hydroxylation is 1. The molecule has 14 heavy (non-hydrogen) atoms. The summed E-state index contributed by atoms with van der Waals surface area (Å²) in [5.74, 6) is 0.844. The second-order valence-electron chi connectivity index (χ2n) is 3.59. The lowest BCUT2D eigenvalue weighted by molar-refractivity contribution is 0.187. The monoisotopic (exact) mass is 195 g/mol. The van der Waals surface area contributed by atoms with E-state index < -0.39 is 0 Å². The van der Waals surface area contributed by atoms with Crippen LogP contribution in [-0.4, -0.2) is 35.0 Å². The minimum Gasteiger partial charge on any atom is -0.393 e. The molecule has 0 spiro atoms. The van der Waals surface area contributed by atoms with E-state index in [9.17, 15) is 0 Å². The van der Waals surface area contributed by atoms with Crippen molar-refractivity contribution in [2.45, 2.75) is 26.4 Å². The van der Waals surface area contributed by atoms with Gasteiger partial charge in [-0.05, 0) is 32.4 Å². The average molecular weight is 195 g/mol. The maximum Gasteiger partial charge on any atom is 0.150 e. The zero-order valence-corrected chi connectivity index (χ0v) is 8.94. The van der Waals surface area contributed by atoms with Gasteiger partial charge in [0.25, 0.3) is 0 Å². The minimum atomic E-state index is -0.268. The maximum atomic E-state index is 9.13. The number of aliphatic hydroxyl groups excluding tert-OH is 1. The molecule has 0 saturated carbocycles. The van der Waals surface area contributed by atoms with Crippen LogP contribution < -0.4 is 4.90 Å². The van der Waals surface area contributed by atoms with Crippen LogP contribution in [0.3, 0.4) is 0 Å². The van der Waals surface area contributed by atoms with E-state index in [4.69, 9.17) is 5.11 Å². The lowest BCUT2D eigenvalue weighted by Gasteiger charge is -2.18. The Morgan fingerprint density at radius 3 is 2.64 bits per heavy atom. The lowest BCUT2D eigenvalue weighted by atomic mass is 10.3. The van der Waals surface area contributed by atoms with Gasteiger partial charge in [-0.3, -0.25) is 0 Å². The van der Waals surface area contributed by atoms with E-state index in [0.29, 0.717) is 0 Å². The van der Waals surface area contributed by atoms with Crippen molar-refractivity contribution in [1.82, 2.24) is 10.2 Å². The van der Waals surface area contributed by atoms with Crippen LogP contribution in [0, 0.1) is 6.92 Å². The summed E-state index contributed by atoms with van der Waals surface area (Å²) in [5.41, 5.74) is 0.915. The molecule has 0 aliphatic heterocycles. The third kappa shape index (κ3) is 3.30. The number of aliphatic hydroxyl groups is 1. The number of hydrogen-bond acceptors (Lipinski definition) is 4. The van der Waals surface area contributed by atoms with Crippen LogP contribution >= 0.6 is 0 Å². The third-order valence-electron chi connectivity index (χ3n) is 2.06. The largest absolute Gasteiger partial charge is 0.393 e. The van der Waals surface area contributed by atoms with Crippen molar-refractivity contribution in [3.05, 3.63) is 17.8 Å². The Bertz CT molecular complexity index is 271. The third-order valence-corrected chi connectivity index (χ3v) is 2.06. The highest BCUT2D eigenvalue weighted by molar-refractivity contribution is 5.35. The van der Waals surface area contributed by atoms with Crippen LogP contribution in [0.1, 0.15) is 19.0 Å². The van der Waals surface area contributed by atoms with Crippen molar-refractivity contribution in [1.29, 1.82) is 0 Å². The highest BCUT2D eigenvalue weighted by Gasteiger charge is 2.04. The normalized spacial score (nSPS) is 12.6. The summed E-state index contributed by atoms with van der Waals surface area (Å²) in [7, 11) is 1.95. The first-order valence-corrected chi connectivity index (χ1v) is 4.79. The Hall–Kier alpha value is -1.16. The molecule has 0 radical (unpaired) electrons. The number of anilines is 1. The Kier molecular flexibility index (Phi) is 3.83. The summed E-state index contributed by atoms with van der Waals surface area (Å²) in [6, 6.07) is 3.87. The molecule has 1 aromatic rings. The van der Waals surface area contributed by atoms with E-state index in [1.165, 1.54) is 0 Å². The Morgan fingerprint density at radius 1 is 1.43 bits per heavy atom. The fraction of sp³-hybridized carbons (Fsp3) is 0.600. The van der Waals surface area contributed by atoms with Crippen LogP contribution in [0.15, 0.2) is 12.1 Å². The predicted octanol–water partition coefficient (Wildman–Crippen LogP) is 0.992. The molecule has 4 nitrogen and oxygen atoms in total. The highest BCUT2D eigenvalue weighted by Crippen LogP contribution is 2.07. The van der Waals surface area contributed by atoms with E-state index in [0.717, 1.165) is 24.5 Å². The van der Waals surface area contributed by atoms with Crippen molar-refractivity contribution in [3.63, 3.8) is 0 Å². The van der Waals surface area contributed by atoms with E-state index in [1.807, 2.05) is 31.0 Å². The van der Waals surface area contributed by atoms with Crippen LogP contribution in [0.4, 0.5) is 5.82 Å². The molecular formula is C10H17N3O. The highest BCUT2D eigenvalue weighted by atomic mass is 16.3. The number of nitrogens with zero attached hydrogens (tertiary/aromatic N) is 3. The molecule has 78 valence electrons. The van der Waals surface area contributed by atoms with Gasteiger partial charge in [0.1, 0.15) is 0 Å². The topological polar surface area (TPSA) is 49.2 Å². The first kappa shape index (κ1) is 10.9. The van der Waals surface area contributed by atoms with Crippen molar-refractivity contribution in [3.8, 4) is 0 Å². The summed E-state index contributed by atoms with van der Waals surface area (Å²) >= 11 is 0. The summed E-state index contributed by atoms with van der Waals surface area (Å²) in [5, 5.41) is 17.2. The van der Waals surface area contributed by atoms with Gasteiger partial charge >= 0.3 is 0 Å². The molecule has 1 N–H and O–H groups in total. The summed E-state index contributed by atoms with van der Waals surface area (Å²) in [6.07, 6.45) is 0.474. The molecule has 1 rings (SSSR count). The maximum absolute atomic E-state index is 9.13. The number of hydrogen-bond donors (Lipinski definition) is 1. The zero-order chi connectivity index (χ0) is 10.6. The van der Waals surface area contributed by atoms with Crippen LogP contribution in [-0.2, 0) is 0 Å². The second kappa shape index (κ2) is 4.91. The van der Waals surface area contributed by atoms with Crippen LogP contribution in [0.2, 0.25) is 0 Å². The molecule has 0 aliphatic rings. The molecule has 0 fully saturated rings. The van der Waals surface area contributed by atoms with Crippen LogP contribution in [0.25, 0.3) is 0 Å². The van der Waals surface area contributed by atoms with Crippen molar-refractivity contribution in [2.75, 3.05) is 18.5 Å². The van der Waals surface area contributed by atoms with Crippen molar-refractivity contribution >= 4 is 5.82 Å². The lowest BCUT2D eigenvalue weighted by Crippen LogP contribution is -2.23. The molecule has 0 amide bonds. The zero-order valence-electron chi connectivity index (χ0n) is 8.94. The SMILES string of the molecule is Cc1ccc(N(C)CCC(C)O)nn1. The van der Waals surface area contributed by atoms with Crippen molar-refractivity contribution < 1.29 is 5.11 Å². The van der Waals surface area contributed by atoms with Crippen LogP contribution in [0.5, 0.6) is 0 Å². The van der Waals surface area contributed by atoms with Gasteiger partial charge in [-0.25, -0.2) is 0 Å². The molecule has 0 aromatic carbocycles. The standard InChI is InChI=1S/C10H17N3O/c1-8-4-5-10(12-11-8)13(3)7-6-9(2)14/h4-5,9,14H,6-7H2,1-3H3. The van der Waals surface area contributed by atoms with Gasteiger partial charge in [-0.1, -0.05) is 0 Å². The van der Waals surface area contributed by atoms with Gasteiger partial charge < -0.3 is 10.0 Å². The Morgan fingerprint density at radius 2 is 2.14 bits per heavy atom. The molecule has 1 unspecified atom stereocenters. The van der Waals surface area contributed by atoms with Gasteiger partial charge in [-0.2, -0.15) is 5.10 Å². The molecule has 1 heterocycles. The van der Waals surface area contributed by atoms with Gasteiger partial charge in [0.2, 0.25) is 0 Å². The molecule has 0 bridgehead atoms. The summed E-state index contributed by atoms with van der Waals surface area (Å²) in [6.45, 7) is 4.48. The number of aromatic nitrogens is 2. The molecule has 4 heteroatoms. The average Bonchev–Trinajstić information content (AvgIpc) is 2.15. The van der Waals surface area contributed by atoms with Gasteiger partial charge in [0.15, 0.2) is 5.82 Å². The van der Waals surface area contributed by atoms with Gasteiger partial charge in [0.05, 0.1) is 11.8 Å². The quantitative estimate of drug-likeness (QED) is 0.778. The first-order valence-electron chi connectivity index (χ1n) is 4.79. The smallest absolute Gasteiger partial charge is 0.150 e. The summed E-state index contributed by atoms with van der Waals surface area (Å²) < 4.78 is 0. The van der Waals surface area contributed by atoms with Gasteiger partial charge in [0, 0.05) is 13.6 Å². The second-order valence-corrected chi connectivity index (χ2v) is 3.59. The molecular weight excluding hydrogens is 178 g/mol. The fourth-order valence-electron chi connectivity index (χ4n) is 1.09. The van der Waals surface area contributed by atoms with Gasteiger partial charge in [-0.15, -0.1) is 5.10 Å². The Balaban J connectivity index is 2.52. The minimum absolute atomic E-state index is 0.268. The number of rotatable bonds is 4. The fourth-order valence-corrected chi connectivity index (χ4v) is 1.09.